The molecule has 0 radical (unpaired) electrons. The summed E-state index contributed by atoms with van der Waals surface area (Å²) < 4.78 is 28.8. The zero-order valence-electron chi connectivity index (χ0n) is 14.8. The van der Waals surface area contributed by atoms with Gasteiger partial charge in [0.2, 0.25) is 10.0 Å². The highest BCUT2D eigenvalue weighted by atomic mass is 32.2. The van der Waals surface area contributed by atoms with E-state index < -0.39 is 10.0 Å². The molecule has 4 rings (SSSR count). The number of aromatic nitrogens is 5. The lowest BCUT2D eigenvalue weighted by molar-refractivity contribution is 0.383. The minimum absolute atomic E-state index is 0.221. The number of pyridine rings is 1. The van der Waals surface area contributed by atoms with Gasteiger partial charge in [0, 0.05) is 57.0 Å². The number of hydrogen-bond donors (Lipinski definition) is 0. The third-order valence-electron chi connectivity index (χ3n) is 4.55. The first-order valence-electron chi connectivity index (χ1n) is 8.53. The molecule has 1 aliphatic heterocycles. The number of sulfonamides is 1. The fourth-order valence-corrected chi connectivity index (χ4v) is 4.46. The summed E-state index contributed by atoms with van der Waals surface area (Å²) in [5, 5.41) is 0. The van der Waals surface area contributed by atoms with Crippen molar-refractivity contribution < 1.29 is 8.42 Å². The van der Waals surface area contributed by atoms with Crippen molar-refractivity contribution in [2.24, 2.45) is 0 Å². The van der Waals surface area contributed by atoms with E-state index >= 15 is 0 Å². The first-order chi connectivity index (χ1) is 13.1. The molecule has 0 aliphatic carbocycles. The zero-order valence-corrected chi connectivity index (χ0v) is 15.6. The van der Waals surface area contributed by atoms with Crippen LogP contribution in [0.25, 0.3) is 5.82 Å². The van der Waals surface area contributed by atoms with E-state index in [1.54, 1.807) is 24.5 Å². The normalized spacial score (nSPS) is 15.8. The van der Waals surface area contributed by atoms with Crippen molar-refractivity contribution in [3.05, 3.63) is 55.1 Å². The van der Waals surface area contributed by atoms with Crippen molar-refractivity contribution in [1.82, 2.24) is 28.8 Å². The van der Waals surface area contributed by atoms with Crippen LogP contribution in [0.3, 0.4) is 0 Å². The first-order valence-corrected chi connectivity index (χ1v) is 9.97. The van der Waals surface area contributed by atoms with E-state index in [2.05, 4.69) is 24.8 Å². The molecule has 1 aliphatic rings. The van der Waals surface area contributed by atoms with Gasteiger partial charge in [-0.15, -0.1) is 0 Å². The number of anilines is 1. The number of nitrogens with zero attached hydrogens (tertiary/aromatic N) is 7. The Labute approximate surface area is 157 Å². The van der Waals surface area contributed by atoms with Crippen molar-refractivity contribution in [1.29, 1.82) is 0 Å². The Morgan fingerprint density at radius 2 is 1.78 bits per heavy atom. The van der Waals surface area contributed by atoms with Gasteiger partial charge in [0.25, 0.3) is 0 Å². The minimum Gasteiger partial charge on any atom is -0.354 e. The monoisotopic (exact) mass is 385 g/mol. The van der Waals surface area contributed by atoms with E-state index in [1.807, 2.05) is 23.8 Å². The molecule has 4 heterocycles. The summed E-state index contributed by atoms with van der Waals surface area (Å²) in [4.78, 5) is 19.1. The highest BCUT2D eigenvalue weighted by molar-refractivity contribution is 7.89. The predicted octanol–water partition coefficient (Wildman–Crippen LogP) is 0.877. The Morgan fingerprint density at radius 3 is 2.44 bits per heavy atom. The van der Waals surface area contributed by atoms with Gasteiger partial charge in [-0.1, -0.05) is 0 Å². The van der Waals surface area contributed by atoms with E-state index in [0.717, 1.165) is 17.5 Å². The number of rotatable bonds is 4. The fourth-order valence-electron chi connectivity index (χ4n) is 3.07. The van der Waals surface area contributed by atoms with Crippen LogP contribution in [0.5, 0.6) is 0 Å². The quantitative estimate of drug-likeness (QED) is 0.657. The van der Waals surface area contributed by atoms with Crippen molar-refractivity contribution >= 4 is 15.8 Å². The number of piperazine rings is 1. The van der Waals surface area contributed by atoms with Crippen LogP contribution in [-0.2, 0) is 10.0 Å². The van der Waals surface area contributed by atoms with Gasteiger partial charge in [0.1, 0.15) is 28.7 Å². The molecule has 0 atom stereocenters. The smallest absolute Gasteiger partial charge is 0.244 e. The molecule has 0 saturated carbocycles. The Morgan fingerprint density at radius 1 is 1.00 bits per heavy atom. The second-order valence-electron chi connectivity index (χ2n) is 6.16. The summed E-state index contributed by atoms with van der Waals surface area (Å²) >= 11 is 0. The van der Waals surface area contributed by atoms with Crippen LogP contribution in [0.2, 0.25) is 0 Å². The maximum Gasteiger partial charge on any atom is 0.244 e. The molecular formula is C17H19N7O2S. The van der Waals surface area contributed by atoms with E-state index in [0.29, 0.717) is 26.2 Å². The summed E-state index contributed by atoms with van der Waals surface area (Å²) in [6.45, 7) is 3.79. The molecule has 3 aromatic rings. The Balaban J connectivity index is 1.49. The lowest BCUT2D eigenvalue weighted by Gasteiger charge is -2.34. The van der Waals surface area contributed by atoms with E-state index in [4.69, 9.17) is 0 Å². The average Bonchev–Trinajstić information content (AvgIpc) is 3.15. The van der Waals surface area contributed by atoms with Gasteiger partial charge >= 0.3 is 0 Å². The number of aryl methyl sites for hydroxylation is 1. The number of imidazole rings is 1. The van der Waals surface area contributed by atoms with Crippen molar-refractivity contribution in [3.8, 4) is 5.82 Å². The van der Waals surface area contributed by atoms with Crippen LogP contribution in [0.4, 0.5) is 5.82 Å². The molecule has 9 nitrogen and oxygen atoms in total. The van der Waals surface area contributed by atoms with Crippen LogP contribution in [0, 0.1) is 6.92 Å². The van der Waals surface area contributed by atoms with E-state index in [-0.39, 0.29) is 4.90 Å². The molecule has 0 unspecified atom stereocenters. The van der Waals surface area contributed by atoms with Crippen molar-refractivity contribution in [2.75, 3.05) is 31.1 Å². The molecule has 1 saturated heterocycles. The largest absolute Gasteiger partial charge is 0.354 e. The van der Waals surface area contributed by atoms with Gasteiger partial charge in [-0.2, -0.15) is 4.31 Å². The SMILES string of the molecule is Cc1nccn1-c1cc(N2CCN(S(=O)(=O)c3cccnc3)CC2)ncn1. The standard InChI is InChI=1S/C17H19N7O2S/c1-14-19-5-6-24(14)17-11-16(20-13-21-17)22-7-9-23(10-8-22)27(25,26)15-3-2-4-18-12-15/h2-6,11-13H,7-10H2,1H3. The lowest BCUT2D eigenvalue weighted by atomic mass is 10.3. The second kappa shape index (κ2) is 7.05. The molecule has 0 amide bonds. The Kier molecular flexibility index (Phi) is 4.58. The first kappa shape index (κ1) is 17.6. The van der Waals surface area contributed by atoms with Gasteiger partial charge in [-0.3, -0.25) is 9.55 Å². The Hall–Kier alpha value is -2.85. The second-order valence-corrected chi connectivity index (χ2v) is 8.10. The van der Waals surface area contributed by atoms with E-state index in [9.17, 15) is 8.42 Å². The van der Waals surface area contributed by atoms with Crippen molar-refractivity contribution in [3.63, 3.8) is 0 Å². The molecule has 140 valence electrons. The summed E-state index contributed by atoms with van der Waals surface area (Å²) in [5.74, 6) is 2.35. The summed E-state index contributed by atoms with van der Waals surface area (Å²) in [5.41, 5.74) is 0. The van der Waals surface area contributed by atoms with Gasteiger partial charge in [-0.25, -0.2) is 23.4 Å². The third-order valence-corrected chi connectivity index (χ3v) is 6.43. The maximum atomic E-state index is 12.7. The molecule has 0 spiro atoms. The molecule has 0 aromatic carbocycles. The molecular weight excluding hydrogens is 366 g/mol. The highest BCUT2D eigenvalue weighted by Crippen LogP contribution is 2.20. The highest BCUT2D eigenvalue weighted by Gasteiger charge is 2.29. The van der Waals surface area contributed by atoms with Gasteiger partial charge in [0.05, 0.1) is 0 Å². The van der Waals surface area contributed by atoms with Crippen LogP contribution < -0.4 is 4.90 Å². The van der Waals surface area contributed by atoms with Gasteiger partial charge < -0.3 is 4.90 Å². The van der Waals surface area contributed by atoms with Crippen LogP contribution in [0.1, 0.15) is 5.82 Å². The van der Waals surface area contributed by atoms with Crippen LogP contribution in [0.15, 0.2) is 54.2 Å². The summed E-state index contributed by atoms with van der Waals surface area (Å²) in [7, 11) is -3.52. The number of hydrogen-bond acceptors (Lipinski definition) is 7. The van der Waals surface area contributed by atoms with Crippen LogP contribution in [-0.4, -0.2) is 63.4 Å². The minimum atomic E-state index is -3.52. The molecule has 27 heavy (non-hydrogen) atoms. The van der Waals surface area contributed by atoms with Crippen LogP contribution >= 0.6 is 0 Å². The molecule has 1 fully saturated rings. The van der Waals surface area contributed by atoms with E-state index in [1.165, 1.54) is 16.8 Å². The lowest BCUT2D eigenvalue weighted by Crippen LogP contribution is -2.49. The van der Waals surface area contributed by atoms with Crippen molar-refractivity contribution in [2.45, 2.75) is 11.8 Å². The topological polar surface area (TPSA) is 97.1 Å². The third kappa shape index (κ3) is 3.40. The Bertz CT molecular complexity index is 1030. The molecule has 10 heteroatoms. The molecule has 0 bridgehead atoms. The fraction of sp³-hybridized carbons (Fsp3) is 0.294. The average molecular weight is 385 g/mol. The zero-order chi connectivity index (χ0) is 18.9. The van der Waals surface area contributed by atoms with Gasteiger partial charge in [-0.05, 0) is 19.1 Å². The molecule has 3 aromatic heterocycles. The van der Waals surface area contributed by atoms with Gasteiger partial charge in [0.15, 0.2) is 0 Å². The maximum absolute atomic E-state index is 12.7. The molecule has 0 N–H and O–H groups in total. The summed E-state index contributed by atoms with van der Waals surface area (Å²) in [6, 6.07) is 5.09. The predicted molar refractivity (Wildman–Crippen MR) is 99.1 cm³/mol. The summed E-state index contributed by atoms with van der Waals surface area (Å²) in [6.07, 6.45) is 8.03.